The molecular formula is C12H13N3O2S2. The Kier molecular flexibility index (Phi) is 4.28. The van der Waals surface area contributed by atoms with Crippen LogP contribution in [0.1, 0.15) is 25.8 Å². The molecule has 0 aliphatic rings. The summed E-state index contributed by atoms with van der Waals surface area (Å²) in [4.78, 5) is 17.2. The van der Waals surface area contributed by atoms with Gasteiger partial charge >= 0.3 is 5.97 Å². The van der Waals surface area contributed by atoms with Crippen LogP contribution in [0.3, 0.4) is 0 Å². The summed E-state index contributed by atoms with van der Waals surface area (Å²) in [5.41, 5.74) is 4.65. The third kappa shape index (κ3) is 3.18. The number of esters is 1. The number of aromatic nitrogens is 1. The predicted octanol–water partition coefficient (Wildman–Crippen LogP) is 3.05. The van der Waals surface area contributed by atoms with E-state index in [9.17, 15) is 4.79 Å². The van der Waals surface area contributed by atoms with Crippen LogP contribution in [-0.4, -0.2) is 24.3 Å². The Hall–Kier alpha value is -1.73. The first-order chi connectivity index (χ1) is 9.11. The fraction of sp³-hybridized carbons (Fsp3) is 0.250. The number of rotatable bonds is 4. The highest BCUT2D eigenvalue weighted by molar-refractivity contribution is 7.17. The maximum absolute atomic E-state index is 11.4. The molecule has 0 aliphatic heterocycles. The summed E-state index contributed by atoms with van der Waals surface area (Å²) in [6.45, 7) is 3.79. The fourth-order valence-electron chi connectivity index (χ4n) is 1.39. The molecule has 2 rings (SSSR count). The molecule has 0 aliphatic carbocycles. The minimum Gasteiger partial charge on any atom is -0.465 e. The first-order valence-corrected chi connectivity index (χ1v) is 7.20. The molecule has 0 amide bonds. The van der Waals surface area contributed by atoms with Gasteiger partial charge in [-0.3, -0.25) is 5.43 Å². The molecule has 0 fully saturated rings. The zero-order valence-electron chi connectivity index (χ0n) is 10.8. The van der Waals surface area contributed by atoms with E-state index in [0.29, 0.717) is 15.7 Å². The van der Waals surface area contributed by atoms with Crippen LogP contribution in [-0.2, 0) is 4.74 Å². The first kappa shape index (κ1) is 13.7. The van der Waals surface area contributed by atoms with Crippen molar-refractivity contribution in [1.82, 2.24) is 4.98 Å². The molecule has 7 heteroatoms. The van der Waals surface area contributed by atoms with Gasteiger partial charge in [0.15, 0.2) is 0 Å². The van der Waals surface area contributed by atoms with Gasteiger partial charge in [-0.05, 0) is 30.9 Å². The largest absolute Gasteiger partial charge is 0.465 e. The lowest BCUT2D eigenvalue weighted by atomic mass is 10.3. The number of anilines is 1. The molecule has 5 nitrogen and oxygen atoms in total. The van der Waals surface area contributed by atoms with Gasteiger partial charge in [-0.25, -0.2) is 9.78 Å². The van der Waals surface area contributed by atoms with Gasteiger partial charge in [0, 0.05) is 4.88 Å². The lowest BCUT2D eigenvalue weighted by Gasteiger charge is -1.93. The Morgan fingerprint density at radius 2 is 2.32 bits per heavy atom. The average molecular weight is 295 g/mol. The quantitative estimate of drug-likeness (QED) is 0.535. The number of methoxy groups -OCH3 is 1. The molecule has 2 aromatic heterocycles. The summed E-state index contributed by atoms with van der Waals surface area (Å²) in [6, 6.07) is 2.04. The van der Waals surface area contributed by atoms with Crippen molar-refractivity contribution in [3.63, 3.8) is 0 Å². The van der Waals surface area contributed by atoms with Crippen molar-refractivity contribution < 1.29 is 9.53 Å². The summed E-state index contributed by atoms with van der Waals surface area (Å²) in [5, 5.41) is 6.70. The van der Waals surface area contributed by atoms with Crippen LogP contribution in [0.25, 0.3) is 0 Å². The van der Waals surface area contributed by atoms with Gasteiger partial charge in [0.2, 0.25) is 5.13 Å². The van der Waals surface area contributed by atoms with E-state index in [1.807, 2.05) is 18.4 Å². The number of carbonyl (C=O) groups is 1. The highest BCUT2D eigenvalue weighted by atomic mass is 32.1. The number of hydrogen-bond acceptors (Lipinski definition) is 7. The van der Waals surface area contributed by atoms with E-state index in [4.69, 9.17) is 0 Å². The van der Waals surface area contributed by atoms with Gasteiger partial charge in [-0.1, -0.05) is 11.3 Å². The fourth-order valence-corrected chi connectivity index (χ4v) is 3.01. The minimum absolute atomic E-state index is 0.374. The number of aryl methyl sites for hydroxylation is 2. The minimum atomic E-state index is -0.374. The van der Waals surface area contributed by atoms with Crippen molar-refractivity contribution in [2.45, 2.75) is 13.8 Å². The Bertz CT molecular complexity index is 616. The molecule has 0 saturated carbocycles. The van der Waals surface area contributed by atoms with Crippen LogP contribution in [0.2, 0.25) is 0 Å². The van der Waals surface area contributed by atoms with E-state index < -0.39 is 0 Å². The van der Waals surface area contributed by atoms with Crippen molar-refractivity contribution in [3.8, 4) is 0 Å². The third-order valence-electron chi connectivity index (χ3n) is 2.41. The normalized spacial score (nSPS) is 10.9. The molecular weight excluding hydrogens is 282 g/mol. The average Bonchev–Trinajstić information content (AvgIpc) is 2.96. The molecule has 0 unspecified atom stereocenters. The zero-order valence-corrected chi connectivity index (χ0v) is 12.4. The van der Waals surface area contributed by atoms with Gasteiger partial charge in [0.1, 0.15) is 4.88 Å². The molecule has 0 atom stereocenters. The smallest absolute Gasteiger partial charge is 0.350 e. The number of nitrogens with one attached hydrogen (secondary N) is 1. The highest BCUT2D eigenvalue weighted by Crippen LogP contribution is 2.23. The molecule has 0 radical (unpaired) electrons. The molecule has 2 aromatic rings. The third-order valence-corrected chi connectivity index (χ3v) is 4.41. The first-order valence-electron chi connectivity index (χ1n) is 5.50. The second-order valence-electron chi connectivity index (χ2n) is 3.76. The van der Waals surface area contributed by atoms with Gasteiger partial charge in [0.05, 0.1) is 19.0 Å². The summed E-state index contributed by atoms with van der Waals surface area (Å²) in [5.74, 6) is -0.374. The molecule has 0 bridgehead atoms. The number of hydrazone groups is 1. The maximum Gasteiger partial charge on any atom is 0.350 e. The van der Waals surface area contributed by atoms with Crippen LogP contribution in [0.5, 0.6) is 0 Å². The van der Waals surface area contributed by atoms with Crippen molar-refractivity contribution in [1.29, 1.82) is 0 Å². The van der Waals surface area contributed by atoms with Crippen LogP contribution in [0, 0.1) is 13.8 Å². The van der Waals surface area contributed by atoms with E-state index in [1.165, 1.54) is 24.0 Å². The van der Waals surface area contributed by atoms with Crippen molar-refractivity contribution in [3.05, 3.63) is 32.5 Å². The number of carbonyl (C=O) groups excluding carboxylic acids is 1. The predicted molar refractivity (Wildman–Crippen MR) is 78.5 cm³/mol. The SMILES string of the molecule is COC(=O)c1sc(N/N=C/c2sccc2C)nc1C. The van der Waals surface area contributed by atoms with Crippen LogP contribution < -0.4 is 5.43 Å². The van der Waals surface area contributed by atoms with Gasteiger partial charge in [0.25, 0.3) is 0 Å². The van der Waals surface area contributed by atoms with E-state index in [0.717, 1.165) is 4.88 Å². The summed E-state index contributed by atoms with van der Waals surface area (Å²) in [6.07, 6.45) is 1.74. The molecule has 0 spiro atoms. The van der Waals surface area contributed by atoms with Crippen LogP contribution >= 0.6 is 22.7 Å². The zero-order chi connectivity index (χ0) is 13.8. The molecule has 2 heterocycles. The van der Waals surface area contributed by atoms with E-state index in [-0.39, 0.29) is 5.97 Å². The Morgan fingerprint density at radius 3 is 2.95 bits per heavy atom. The molecule has 0 saturated heterocycles. The van der Waals surface area contributed by atoms with Gasteiger partial charge < -0.3 is 4.74 Å². The monoisotopic (exact) mass is 295 g/mol. The second-order valence-corrected chi connectivity index (χ2v) is 5.71. The highest BCUT2D eigenvalue weighted by Gasteiger charge is 2.15. The van der Waals surface area contributed by atoms with Gasteiger partial charge in [-0.2, -0.15) is 5.10 Å². The molecule has 1 N–H and O–H groups in total. The van der Waals surface area contributed by atoms with Crippen LogP contribution in [0.4, 0.5) is 5.13 Å². The Morgan fingerprint density at radius 1 is 1.53 bits per heavy atom. The number of nitrogens with zero attached hydrogens (tertiary/aromatic N) is 2. The molecule has 100 valence electrons. The molecule has 19 heavy (non-hydrogen) atoms. The second kappa shape index (κ2) is 5.94. The van der Waals surface area contributed by atoms with Crippen LogP contribution in [0.15, 0.2) is 16.5 Å². The molecule has 0 aromatic carbocycles. The van der Waals surface area contributed by atoms with Crippen molar-refractivity contribution in [2.75, 3.05) is 12.5 Å². The van der Waals surface area contributed by atoms with E-state index in [1.54, 1.807) is 24.5 Å². The van der Waals surface area contributed by atoms with Crippen molar-refractivity contribution in [2.24, 2.45) is 5.10 Å². The van der Waals surface area contributed by atoms with E-state index in [2.05, 4.69) is 20.2 Å². The Labute approximate surface area is 119 Å². The Balaban J connectivity index is 2.06. The van der Waals surface area contributed by atoms with Gasteiger partial charge in [-0.15, -0.1) is 11.3 Å². The number of thiophene rings is 1. The lowest BCUT2D eigenvalue weighted by Crippen LogP contribution is -1.99. The number of ether oxygens (including phenoxy) is 1. The summed E-state index contributed by atoms with van der Waals surface area (Å²) >= 11 is 2.85. The van der Waals surface area contributed by atoms with Crippen molar-refractivity contribution >= 4 is 40.0 Å². The number of hydrogen-bond donors (Lipinski definition) is 1. The standard InChI is InChI=1S/C12H13N3O2S2/c1-7-4-5-18-9(7)6-13-15-12-14-8(2)10(19-12)11(16)17-3/h4-6H,1-3H3,(H,14,15)/b13-6+. The lowest BCUT2D eigenvalue weighted by molar-refractivity contribution is 0.0605. The topological polar surface area (TPSA) is 63.6 Å². The van der Waals surface area contributed by atoms with E-state index >= 15 is 0 Å². The maximum atomic E-state index is 11.4. The number of thiazole rings is 1. The summed E-state index contributed by atoms with van der Waals surface area (Å²) < 4.78 is 4.68. The summed E-state index contributed by atoms with van der Waals surface area (Å²) in [7, 11) is 1.35.